The third-order valence-corrected chi connectivity index (χ3v) is 5.00. The Hall–Kier alpha value is -0.480. The molecule has 0 aromatic heterocycles. The average Bonchev–Trinajstić information content (AvgIpc) is 2.95. The summed E-state index contributed by atoms with van der Waals surface area (Å²) in [6.07, 6.45) is 2.48. The lowest BCUT2D eigenvalue weighted by atomic mass is 9.98. The van der Waals surface area contributed by atoms with Crippen LogP contribution in [0.15, 0.2) is 18.2 Å². The molecule has 2 fully saturated rings. The second kappa shape index (κ2) is 6.52. The smallest absolute Gasteiger partial charge is 0.119 e. The van der Waals surface area contributed by atoms with E-state index in [9.17, 15) is 0 Å². The summed E-state index contributed by atoms with van der Waals surface area (Å²) in [4.78, 5) is 2.48. The zero-order valence-corrected chi connectivity index (χ0v) is 13.3. The fourth-order valence-corrected chi connectivity index (χ4v) is 3.75. The highest BCUT2D eigenvalue weighted by Gasteiger charge is 2.40. The van der Waals surface area contributed by atoms with Gasteiger partial charge in [-0.2, -0.15) is 0 Å². The van der Waals surface area contributed by atoms with Crippen LogP contribution >= 0.6 is 24.0 Å². The van der Waals surface area contributed by atoms with E-state index in [1.165, 1.54) is 12.8 Å². The van der Waals surface area contributed by atoms with Crippen LogP contribution in [0.2, 0.25) is 5.02 Å². The minimum Gasteiger partial charge on any atom is -0.497 e. The van der Waals surface area contributed by atoms with E-state index in [0.717, 1.165) is 41.9 Å². The molecule has 1 saturated heterocycles. The van der Waals surface area contributed by atoms with E-state index in [0.29, 0.717) is 12.0 Å². The van der Waals surface area contributed by atoms with Gasteiger partial charge >= 0.3 is 0 Å². The van der Waals surface area contributed by atoms with Crippen molar-refractivity contribution in [3.05, 3.63) is 28.8 Å². The largest absolute Gasteiger partial charge is 0.497 e. The van der Waals surface area contributed by atoms with Crippen LogP contribution in [0.1, 0.15) is 18.4 Å². The van der Waals surface area contributed by atoms with Crippen molar-refractivity contribution < 1.29 is 4.74 Å². The summed E-state index contributed by atoms with van der Waals surface area (Å²) in [6, 6.07) is 6.26. The first-order valence-electron chi connectivity index (χ1n) is 6.97. The van der Waals surface area contributed by atoms with Crippen molar-refractivity contribution in [3.8, 4) is 5.75 Å². The maximum atomic E-state index is 6.27. The van der Waals surface area contributed by atoms with Gasteiger partial charge in [-0.25, -0.2) is 0 Å². The highest BCUT2D eigenvalue weighted by Crippen LogP contribution is 2.38. The van der Waals surface area contributed by atoms with Crippen molar-refractivity contribution in [1.82, 2.24) is 4.90 Å². The van der Waals surface area contributed by atoms with Gasteiger partial charge in [-0.1, -0.05) is 11.6 Å². The van der Waals surface area contributed by atoms with Gasteiger partial charge in [-0.3, -0.25) is 4.90 Å². The Morgan fingerprint density at radius 1 is 1.35 bits per heavy atom. The average molecular weight is 317 g/mol. The minimum atomic E-state index is 0. The summed E-state index contributed by atoms with van der Waals surface area (Å²) in [5.74, 6) is 2.35. The van der Waals surface area contributed by atoms with Gasteiger partial charge in [0.1, 0.15) is 5.75 Å². The van der Waals surface area contributed by atoms with Gasteiger partial charge < -0.3 is 10.5 Å². The molecule has 1 aromatic rings. The number of ether oxygens (including phenoxy) is 1. The van der Waals surface area contributed by atoms with E-state index >= 15 is 0 Å². The van der Waals surface area contributed by atoms with Crippen LogP contribution in [0.3, 0.4) is 0 Å². The van der Waals surface area contributed by atoms with Crippen molar-refractivity contribution in [2.75, 3.05) is 20.2 Å². The van der Waals surface area contributed by atoms with Crippen molar-refractivity contribution in [2.24, 2.45) is 17.6 Å². The van der Waals surface area contributed by atoms with Crippen LogP contribution in [0.4, 0.5) is 0 Å². The number of halogens is 2. The number of nitrogens with two attached hydrogens (primary N) is 1. The second-order valence-corrected chi connectivity index (χ2v) is 6.22. The van der Waals surface area contributed by atoms with Gasteiger partial charge in [0.15, 0.2) is 0 Å². The van der Waals surface area contributed by atoms with Crippen LogP contribution in [0.25, 0.3) is 0 Å². The Morgan fingerprint density at radius 2 is 2.15 bits per heavy atom. The number of nitrogens with zero attached hydrogens (tertiary/aromatic N) is 1. The molecule has 3 atom stereocenters. The molecule has 2 N–H and O–H groups in total. The predicted octanol–water partition coefficient (Wildman–Crippen LogP) is 2.94. The van der Waals surface area contributed by atoms with Gasteiger partial charge in [-0.15, -0.1) is 12.4 Å². The summed E-state index contributed by atoms with van der Waals surface area (Å²) in [5, 5.41) is 0.821. The third-order valence-electron chi connectivity index (χ3n) is 4.63. The van der Waals surface area contributed by atoms with Gasteiger partial charge in [0.2, 0.25) is 0 Å². The van der Waals surface area contributed by atoms with Gasteiger partial charge in [-0.05, 0) is 48.4 Å². The third kappa shape index (κ3) is 3.06. The minimum absolute atomic E-state index is 0. The standard InChI is InChI=1S/C15H21ClN2O.ClH/c1-19-12-3-4-14(16)11(6-12)8-18-7-10-2-5-15(17)13(10)9-18;/h3-4,6,10,13,15H,2,5,7-9,17H2,1H3;1H. The van der Waals surface area contributed by atoms with E-state index in [-0.39, 0.29) is 12.4 Å². The molecule has 0 radical (unpaired) electrons. The Bertz CT molecular complexity index is 469. The number of hydrogen-bond donors (Lipinski definition) is 1. The highest BCUT2D eigenvalue weighted by molar-refractivity contribution is 6.31. The maximum absolute atomic E-state index is 6.27. The SMILES string of the molecule is COc1ccc(Cl)c(CN2CC3CCC(N)C3C2)c1.Cl. The van der Waals surface area contributed by atoms with E-state index in [4.69, 9.17) is 22.1 Å². The molecule has 1 saturated carbocycles. The molecule has 0 spiro atoms. The molecule has 3 rings (SSSR count). The lowest BCUT2D eigenvalue weighted by Crippen LogP contribution is -2.30. The molecule has 1 aliphatic heterocycles. The first kappa shape index (κ1) is 15.9. The van der Waals surface area contributed by atoms with Gasteiger partial charge in [0.25, 0.3) is 0 Å². The van der Waals surface area contributed by atoms with Crippen molar-refractivity contribution in [1.29, 1.82) is 0 Å². The zero-order chi connectivity index (χ0) is 13.4. The lowest BCUT2D eigenvalue weighted by Gasteiger charge is -2.19. The summed E-state index contributed by atoms with van der Waals surface area (Å²) in [7, 11) is 1.69. The topological polar surface area (TPSA) is 38.5 Å². The maximum Gasteiger partial charge on any atom is 0.119 e. The molecule has 2 aliphatic rings. The van der Waals surface area contributed by atoms with E-state index in [1.54, 1.807) is 7.11 Å². The molecule has 20 heavy (non-hydrogen) atoms. The van der Waals surface area contributed by atoms with Gasteiger partial charge in [0.05, 0.1) is 7.11 Å². The van der Waals surface area contributed by atoms with E-state index < -0.39 is 0 Å². The molecule has 0 bridgehead atoms. The van der Waals surface area contributed by atoms with E-state index in [1.807, 2.05) is 18.2 Å². The van der Waals surface area contributed by atoms with Crippen LogP contribution in [-0.2, 0) is 6.54 Å². The molecule has 1 heterocycles. The molecule has 112 valence electrons. The number of hydrogen-bond acceptors (Lipinski definition) is 3. The predicted molar refractivity (Wildman–Crippen MR) is 84.7 cm³/mol. The summed E-state index contributed by atoms with van der Waals surface area (Å²) < 4.78 is 5.27. The fourth-order valence-electron chi connectivity index (χ4n) is 3.57. The molecule has 1 aromatic carbocycles. The van der Waals surface area contributed by atoms with E-state index in [2.05, 4.69) is 4.90 Å². The fraction of sp³-hybridized carbons (Fsp3) is 0.600. The Labute approximate surface area is 131 Å². The van der Waals surface area contributed by atoms with Crippen molar-refractivity contribution in [2.45, 2.75) is 25.4 Å². The monoisotopic (exact) mass is 316 g/mol. The van der Waals surface area contributed by atoms with Crippen LogP contribution < -0.4 is 10.5 Å². The Balaban J connectivity index is 0.00000147. The molecule has 3 nitrogen and oxygen atoms in total. The lowest BCUT2D eigenvalue weighted by molar-refractivity contribution is 0.297. The van der Waals surface area contributed by atoms with Crippen molar-refractivity contribution >= 4 is 24.0 Å². The van der Waals surface area contributed by atoms with Gasteiger partial charge in [0, 0.05) is 30.7 Å². The number of methoxy groups -OCH3 is 1. The first-order valence-corrected chi connectivity index (χ1v) is 7.35. The molecule has 0 amide bonds. The normalized spacial score (nSPS) is 29.1. The molecular formula is C15H22Cl2N2O. The summed E-state index contributed by atoms with van der Waals surface area (Å²) in [5.41, 5.74) is 7.33. The first-order chi connectivity index (χ1) is 9.17. The number of benzene rings is 1. The molecule has 5 heteroatoms. The van der Waals surface area contributed by atoms with Crippen LogP contribution in [0, 0.1) is 11.8 Å². The summed E-state index contributed by atoms with van der Waals surface area (Å²) in [6.45, 7) is 3.17. The highest BCUT2D eigenvalue weighted by atomic mass is 35.5. The number of rotatable bonds is 3. The number of fused-ring (bicyclic) bond motifs is 1. The number of likely N-dealkylation sites (tertiary alicyclic amines) is 1. The zero-order valence-electron chi connectivity index (χ0n) is 11.7. The molecule has 3 unspecified atom stereocenters. The Morgan fingerprint density at radius 3 is 2.85 bits per heavy atom. The molecular weight excluding hydrogens is 295 g/mol. The van der Waals surface area contributed by atoms with Crippen molar-refractivity contribution in [3.63, 3.8) is 0 Å². The quantitative estimate of drug-likeness (QED) is 0.931. The summed E-state index contributed by atoms with van der Waals surface area (Å²) >= 11 is 6.27. The second-order valence-electron chi connectivity index (χ2n) is 5.82. The van der Waals surface area contributed by atoms with Crippen LogP contribution in [-0.4, -0.2) is 31.1 Å². The Kier molecular flexibility index (Phi) is 5.19. The van der Waals surface area contributed by atoms with Crippen LogP contribution in [0.5, 0.6) is 5.75 Å². The molecule has 1 aliphatic carbocycles.